The molecule has 1 saturated heterocycles. The molecule has 0 aromatic carbocycles. The maximum atomic E-state index is 5.77. The maximum absolute atomic E-state index is 5.77. The zero-order valence-electron chi connectivity index (χ0n) is 16.6. The summed E-state index contributed by atoms with van der Waals surface area (Å²) in [5.74, 6) is 0. The molecule has 1 unspecified atom stereocenters. The first-order valence-corrected chi connectivity index (χ1v) is 11.4. The molecule has 2 rings (SSSR count). The molecule has 1 aliphatic heterocycles. The van der Waals surface area contributed by atoms with Gasteiger partial charge in [0.2, 0.25) is 0 Å². The molecule has 0 radical (unpaired) electrons. The summed E-state index contributed by atoms with van der Waals surface area (Å²) < 4.78 is 5.27. The van der Waals surface area contributed by atoms with Crippen LogP contribution in [0.15, 0.2) is 0 Å². The van der Waals surface area contributed by atoms with Gasteiger partial charge < -0.3 is 15.8 Å². The van der Waals surface area contributed by atoms with Gasteiger partial charge in [0.15, 0.2) is 0 Å². The van der Waals surface area contributed by atoms with Gasteiger partial charge in [-0.1, -0.05) is 29.5 Å². The second-order valence-electron chi connectivity index (χ2n) is 6.15. The summed E-state index contributed by atoms with van der Waals surface area (Å²) >= 11 is 0. The van der Waals surface area contributed by atoms with E-state index < -0.39 is 0 Å². The molecule has 0 bridgehead atoms. The van der Waals surface area contributed by atoms with Gasteiger partial charge in [-0.15, -0.1) is 0 Å². The summed E-state index contributed by atoms with van der Waals surface area (Å²) in [4.78, 5) is 2.48. The van der Waals surface area contributed by atoms with Crippen LogP contribution in [0.25, 0.3) is 0 Å². The number of morpholine rings is 1. The first-order valence-electron chi connectivity index (χ1n) is 9.95. The van der Waals surface area contributed by atoms with Gasteiger partial charge in [-0.2, -0.15) is 0 Å². The van der Waals surface area contributed by atoms with Crippen molar-refractivity contribution in [1.29, 1.82) is 0 Å². The van der Waals surface area contributed by atoms with E-state index in [0.29, 0.717) is 6.04 Å². The minimum absolute atomic E-state index is 0.481. The van der Waals surface area contributed by atoms with Crippen molar-refractivity contribution in [3.63, 3.8) is 0 Å². The Labute approximate surface area is 152 Å². The second kappa shape index (κ2) is 18.0. The number of ether oxygens (including phenoxy) is 1. The van der Waals surface area contributed by atoms with Crippen molar-refractivity contribution in [3.8, 4) is 0 Å². The molecule has 24 heavy (non-hydrogen) atoms. The average molecular weight is 363 g/mol. The smallest absolute Gasteiger partial charge is 0.0594 e. The lowest BCUT2D eigenvalue weighted by molar-refractivity contribution is 0.0376. The molecule has 1 saturated carbocycles. The molecule has 2 fully saturated rings. The van der Waals surface area contributed by atoms with Crippen molar-refractivity contribution in [2.45, 2.75) is 65.0 Å². The Bertz CT molecular complexity index is 245. The van der Waals surface area contributed by atoms with Crippen LogP contribution in [-0.2, 0) is 4.74 Å². The van der Waals surface area contributed by atoms with Crippen molar-refractivity contribution in [1.82, 2.24) is 15.3 Å². The number of nitrogens with one attached hydrogen (secondary N) is 2. The Hall–Kier alpha value is 0.230. The highest BCUT2D eigenvalue weighted by molar-refractivity contribution is 7.34. The Morgan fingerprint density at radius 1 is 1.12 bits per heavy atom. The molecule has 0 amide bonds. The lowest BCUT2D eigenvalue weighted by atomic mass is 9.92. The SMILES string of the molecule is CC.CCNC1CCC(N)CC1.CPNCCCN1CCOCC1. The van der Waals surface area contributed by atoms with Crippen LogP contribution in [-0.4, -0.2) is 69.6 Å². The predicted octanol–water partition coefficient (Wildman–Crippen LogP) is 2.41. The van der Waals surface area contributed by atoms with E-state index in [1.54, 1.807) is 0 Å². The molecule has 0 aromatic rings. The fourth-order valence-electron chi connectivity index (χ4n) is 2.95. The summed E-state index contributed by atoms with van der Waals surface area (Å²) in [5.41, 5.74) is 5.77. The molecule has 1 heterocycles. The first-order chi connectivity index (χ1) is 11.8. The number of hydrogen-bond donors (Lipinski definition) is 3. The van der Waals surface area contributed by atoms with E-state index in [4.69, 9.17) is 10.5 Å². The van der Waals surface area contributed by atoms with Crippen LogP contribution in [0.1, 0.15) is 52.9 Å². The van der Waals surface area contributed by atoms with Crippen molar-refractivity contribution in [2.24, 2.45) is 5.73 Å². The van der Waals surface area contributed by atoms with Gasteiger partial charge in [0.25, 0.3) is 0 Å². The fraction of sp³-hybridized carbons (Fsp3) is 1.00. The highest BCUT2D eigenvalue weighted by atomic mass is 31.1. The summed E-state index contributed by atoms with van der Waals surface area (Å²) in [5, 5.41) is 6.81. The molecule has 6 heteroatoms. The number of nitrogens with zero attached hydrogens (tertiary/aromatic N) is 1. The molecule has 4 N–H and O–H groups in total. The summed E-state index contributed by atoms with van der Waals surface area (Å²) in [6.07, 6.45) is 6.22. The van der Waals surface area contributed by atoms with Crippen LogP contribution in [0.2, 0.25) is 0 Å². The lowest BCUT2D eigenvalue weighted by Gasteiger charge is -2.26. The molecule has 1 atom stereocenters. The Kier molecular flexibility index (Phi) is 18.2. The third-order valence-electron chi connectivity index (χ3n) is 4.32. The normalized spacial score (nSPS) is 24.9. The topological polar surface area (TPSA) is 62.5 Å². The van der Waals surface area contributed by atoms with E-state index in [1.165, 1.54) is 38.6 Å². The van der Waals surface area contributed by atoms with Crippen molar-refractivity contribution >= 4 is 8.73 Å². The van der Waals surface area contributed by atoms with Crippen molar-refractivity contribution in [2.75, 3.05) is 52.6 Å². The molecule has 2 aliphatic rings. The summed E-state index contributed by atoms with van der Waals surface area (Å²) in [6, 6.07) is 1.24. The van der Waals surface area contributed by atoms with Gasteiger partial charge in [0.1, 0.15) is 0 Å². The quantitative estimate of drug-likeness (QED) is 0.480. The highest BCUT2D eigenvalue weighted by Gasteiger charge is 2.16. The van der Waals surface area contributed by atoms with E-state index in [0.717, 1.165) is 54.2 Å². The zero-order chi connectivity index (χ0) is 18.0. The Balaban J connectivity index is 0.000000405. The van der Waals surface area contributed by atoms with Crippen LogP contribution in [0.4, 0.5) is 0 Å². The third-order valence-corrected chi connectivity index (χ3v) is 4.92. The molecule has 0 aromatic heterocycles. The van der Waals surface area contributed by atoms with Crippen LogP contribution in [0.5, 0.6) is 0 Å². The van der Waals surface area contributed by atoms with E-state index >= 15 is 0 Å². The van der Waals surface area contributed by atoms with E-state index in [1.807, 2.05) is 13.8 Å². The maximum Gasteiger partial charge on any atom is 0.0594 e. The van der Waals surface area contributed by atoms with Crippen LogP contribution >= 0.6 is 8.73 Å². The number of hydrogen-bond acceptors (Lipinski definition) is 5. The average Bonchev–Trinajstić information content (AvgIpc) is 2.64. The van der Waals surface area contributed by atoms with Gasteiger partial charge in [0.05, 0.1) is 13.2 Å². The molecule has 146 valence electrons. The van der Waals surface area contributed by atoms with Gasteiger partial charge in [-0.3, -0.25) is 9.99 Å². The lowest BCUT2D eigenvalue weighted by Crippen LogP contribution is -2.37. The predicted molar refractivity (Wildman–Crippen MR) is 109 cm³/mol. The van der Waals surface area contributed by atoms with E-state index in [9.17, 15) is 0 Å². The Morgan fingerprint density at radius 2 is 1.75 bits per heavy atom. The minimum Gasteiger partial charge on any atom is -0.379 e. The molecular weight excluding hydrogens is 319 g/mol. The summed E-state index contributed by atoms with van der Waals surface area (Å²) in [6.45, 7) is 15.9. The van der Waals surface area contributed by atoms with Crippen molar-refractivity contribution < 1.29 is 4.74 Å². The van der Waals surface area contributed by atoms with E-state index in [-0.39, 0.29) is 0 Å². The van der Waals surface area contributed by atoms with Crippen LogP contribution < -0.4 is 16.1 Å². The second-order valence-corrected chi connectivity index (χ2v) is 7.01. The molecule has 0 spiro atoms. The van der Waals surface area contributed by atoms with Gasteiger partial charge in [-0.05, 0) is 58.4 Å². The first kappa shape index (κ1) is 24.2. The van der Waals surface area contributed by atoms with E-state index in [2.05, 4.69) is 28.9 Å². The number of nitrogens with two attached hydrogens (primary N) is 1. The van der Waals surface area contributed by atoms with Crippen molar-refractivity contribution in [3.05, 3.63) is 0 Å². The largest absolute Gasteiger partial charge is 0.379 e. The zero-order valence-corrected chi connectivity index (χ0v) is 17.6. The fourth-order valence-corrected chi connectivity index (χ4v) is 3.38. The standard InChI is InChI=1S/C8H19N2OP.C8H18N2.C2H6/c1-12-9-3-2-4-10-5-7-11-8-6-10;1-2-10-8-5-3-7(9)4-6-8;1-2/h9,12H,2-8H2,1H3;7-8,10H,2-6,9H2,1H3;1-2H3. The molecule has 1 aliphatic carbocycles. The van der Waals surface area contributed by atoms with Crippen LogP contribution in [0.3, 0.4) is 0 Å². The van der Waals surface area contributed by atoms with Crippen LogP contribution in [0, 0.1) is 0 Å². The molecular formula is C18H43N4OP. The van der Waals surface area contributed by atoms with Gasteiger partial charge in [0, 0.05) is 25.2 Å². The number of rotatable bonds is 7. The third kappa shape index (κ3) is 13.5. The minimum atomic E-state index is 0.481. The Morgan fingerprint density at radius 3 is 2.29 bits per heavy atom. The monoisotopic (exact) mass is 362 g/mol. The summed E-state index contributed by atoms with van der Waals surface area (Å²) in [7, 11) is 0.884. The highest BCUT2D eigenvalue weighted by Crippen LogP contribution is 2.16. The van der Waals surface area contributed by atoms with Gasteiger partial charge in [-0.25, -0.2) is 0 Å². The van der Waals surface area contributed by atoms with Gasteiger partial charge >= 0.3 is 0 Å². The molecule has 5 nitrogen and oxygen atoms in total.